The van der Waals surface area contributed by atoms with Crippen molar-refractivity contribution >= 4 is 27.6 Å². The molecule has 1 aliphatic heterocycles. The molecule has 1 unspecified atom stereocenters. The number of ether oxygens (including phenoxy) is 1. The van der Waals surface area contributed by atoms with E-state index in [0.29, 0.717) is 24.6 Å². The first-order chi connectivity index (χ1) is 16.4. The number of carbonyl (C=O) groups excluding carboxylic acids is 1. The molecule has 188 valence electrons. The van der Waals surface area contributed by atoms with Gasteiger partial charge in [-0.15, -0.1) is 0 Å². The molecular formula is C24H32N6O4S. The molecule has 1 atom stereocenters. The molecule has 3 heterocycles. The Labute approximate surface area is 205 Å². The molecular weight excluding hydrogens is 468 g/mol. The van der Waals surface area contributed by atoms with Gasteiger partial charge < -0.3 is 15.4 Å². The molecule has 0 saturated carbocycles. The number of rotatable bonds is 4. The third-order valence-electron chi connectivity index (χ3n) is 5.95. The number of amides is 1. The number of piperidine rings is 1. The van der Waals surface area contributed by atoms with E-state index in [9.17, 15) is 13.2 Å². The topological polar surface area (TPSA) is 123 Å². The number of benzene rings is 1. The summed E-state index contributed by atoms with van der Waals surface area (Å²) in [6, 6.07) is 8.42. The van der Waals surface area contributed by atoms with E-state index in [1.807, 2.05) is 20.8 Å². The predicted octanol–water partition coefficient (Wildman–Crippen LogP) is 3.34. The van der Waals surface area contributed by atoms with Gasteiger partial charge in [0.15, 0.2) is 5.65 Å². The number of hydrogen-bond donors (Lipinski definition) is 1. The maximum Gasteiger partial charge on any atom is 0.410 e. The van der Waals surface area contributed by atoms with Crippen molar-refractivity contribution in [1.82, 2.24) is 23.8 Å². The van der Waals surface area contributed by atoms with Crippen LogP contribution >= 0.6 is 0 Å². The zero-order valence-electron chi connectivity index (χ0n) is 20.7. The normalized spacial score (nSPS) is 17.2. The molecule has 2 aromatic heterocycles. The summed E-state index contributed by atoms with van der Waals surface area (Å²) in [5.41, 5.74) is 8.65. The first kappa shape index (κ1) is 24.9. The van der Waals surface area contributed by atoms with Gasteiger partial charge in [0.2, 0.25) is 10.0 Å². The first-order valence-corrected chi connectivity index (χ1v) is 13.0. The quantitative estimate of drug-likeness (QED) is 0.583. The van der Waals surface area contributed by atoms with E-state index in [4.69, 9.17) is 15.5 Å². The lowest BCUT2D eigenvalue weighted by atomic mass is 9.94. The fourth-order valence-corrected chi connectivity index (χ4v) is 5.05. The molecule has 10 nitrogen and oxygen atoms in total. The number of anilines is 1. The minimum absolute atomic E-state index is 0.0129. The molecule has 1 aromatic carbocycles. The highest BCUT2D eigenvalue weighted by molar-refractivity contribution is 7.89. The molecule has 1 amide bonds. The van der Waals surface area contributed by atoms with Crippen molar-refractivity contribution in [3.8, 4) is 11.1 Å². The Morgan fingerprint density at radius 2 is 1.89 bits per heavy atom. The third-order valence-corrected chi connectivity index (χ3v) is 7.78. The standard InChI is InChI=1S/C24H32N6O4S/c1-24(2,3)34-23(31)29-12-6-7-17(15-29)20-13-21(25)30-22(27-20)19(14-26-30)16-8-10-18(11-9-16)35(32,33)28(4)5/h8-11,13-14,17H,6-7,12,15,25H2,1-5H3. The molecule has 3 aromatic rings. The summed E-state index contributed by atoms with van der Waals surface area (Å²) in [7, 11) is -0.526. The van der Waals surface area contributed by atoms with Gasteiger partial charge in [0.05, 0.1) is 16.8 Å². The minimum atomic E-state index is -3.52. The Kier molecular flexibility index (Phi) is 6.50. The number of carbonyl (C=O) groups is 1. The monoisotopic (exact) mass is 500 g/mol. The number of fused-ring (bicyclic) bond motifs is 1. The molecule has 0 radical (unpaired) electrons. The van der Waals surface area contributed by atoms with Gasteiger partial charge in [0.1, 0.15) is 11.4 Å². The van der Waals surface area contributed by atoms with Crippen molar-refractivity contribution < 1.29 is 17.9 Å². The molecule has 0 aliphatic carbocycles. The van der Waals surface area contributed by atoms with Crippen LogP contribution in [0, 0.1) is 0 Å². The van der Waals surface area contributed by atoms with Gasteiger partial charge in [-0.2, -0.15) is 9.61 Å². The van der Waals surface area contributed by atoms with Crippen molar-refractivity contribution in [2.24, 2.45) is 0 Å². The van der Waals surface area contributed by atoms with Crippen LogP contribution in [-0.2, 0) is 14.8 Å². The van der Waals surface area contributed by atoms with Gasteiger partial charge in [-0.1, -0.05) is 12.1 Å². The second kappa shape index (κ2) is 9.12. The predicted molar refractivity (Wildman–Crippen MR) is 133 cm³/mol. The fourth-order valence-electron chi connectivity index (χ4n) is 4.15. The molecule has 2 N–H and O–H groups in total. The zero-order valence-corrected chi connectivity index (χ0v) is 21.5. The summed E-state index contributed by atoms with van der Waals surface area (Å²) in [6.07, 6.45) is 3.06. The molecule has 0 spiro atoms. The van der Waals surface area contributed by atoms with E-state index in [1.165, 1.54) is 18.4 Å². The molecule has 1 fully saturated rings. The second-order valence-corrected chi connectivity index (χ2v) is 12.1. The lowest BCUT2D eigenvalue weighted by Gasteiger charge is -2.34. The van der Waals surface area contributed by atoms with Crippen molar-refractivity contribution in [3.05, 3.63) is 42.2 Å². The van der Waals surface area contributed by atoms with Gasteiger partial charge in [0, 0.05) is 44.7 Å². The molecule has 0 bridgehead atoms. The van der Waals surface area contributed by atoms with E-state index < -0.39 is 15.6 Å². The smallest absolute Gasteiger partial charge is 0.410 e. The molecule has 35 heavy (non-hydrogen) atoms. The average molecular weight is 501 g/mol. The summed E-state index contributed by atoms with van der Waals surface area (Å²) < 4.78 is 33.1. The van der Waals surface area contributed by atoms with E-state index >= 15 is 0 Å². The van der Waals surface area contributed by atoms with Crippen LogP contribution in [0.15, 0.2) is 41.4 Å². The van der Waals surface area contributed by atoms with Gasteiger partial charge in [-0.05, 0) is 51.3 Å². The summed E-state index contributed by atoms with van der Waals surface area (Å²) in [4.78, 5) is 19.4. The lowest BCUT2D eigenvalue weighted by Crippen LogP contribution is -2.42. The Morgan fingerprint density at radius 1 is 1.20 bits per heavy atom. The number of aromatic nitrogens is 3. The van der Waals surface area contributed by atoms with Crippen LogP contribution in [0.25, 0.3) is 16.8 Å². The van der Waals surface area contributed by atoms with Crippen molar-refractivity contribution in [3.63, 3.8) is 0 Å². The van der Waals surface area contributed by atoms with E-state index in [-0.39, 0.29) is 16.9 Å². The Balaban J connectivity index is 1.65. The Bertz CT molecular complexity index is 1340. The van der Waals surface area contributed by atoms with Crippen LogP contribution < -0.4 is 5.73 Å². The third kappa shape index (κ3) is 5.10. The SMILES string of the molecule is CN(C)S(=O)(=O)c1ccc(-c2cnn3c(N)cc(C4CCCN(C(=O)OC(C)(C)C)C4)nc23)cc1. The van der Waals surface area contributed by atoms with Crippen LogP contribution in [0.4, 0.5) is 10.6 Å². The summed E-state index contributed by atoms with van der Waals surface area (Å²) in [5.74, 6) is 0.455. The van der Waals surface area contributed by atoms with Crippen LogP contribution in [0.5, 0.6) is 0 Å². The van der Waals surface area contributed by atoms with Gasteiger partial charge in [-0.3, -0.25) is 0 Å². The number of likely N-dealkylation sites (tertiary alicyclic amines) is 1. The van der Waals surface area contributed by atoms with Gasteiger partial charge in [-0.25, -0.2) is 22.5 Å². The minimum Gasteiger partial charge on any atom is -0.444 e. The number of nitrogens with two attached hydrogens (primary N) is 1. The van der Waals surface area contributed by atoms with Crippen LogP contribution in [0.2, 0.25) is 0 Å². The Morgan fingerprint density at radius 3 is 2.51 bits per heavy atom. The lowest BCUT2D eigenvalue weighted by molar-refractivity contribution is 0.0197. The zero-order chi connectivity index (χ0) is 25.5. The van der Waals surface area contributed by atoms with Crippen LogP contribution in [0.3, 0.4) is 0 Å². The van der Waals surface area contributed by atoms with E-state index in [0.717, 1.165) is 29.7 Å². The summed E-state index contributed by atoms with van der Waals surface area (Å²) in [5, 5.41) is 4.38. The first-order valence-electron chi connectivity index (χ1n) is 11.5. The van der Waals surface area contributed by atoms with E-state index in [2.05, 4.69) is 5.10 Å². The summed E-state index contributed by atoms with van der Waals surface area (Å²) in [6.45, 7) is 6.70. The van der Waals surface area contributed by atoms with E-state index in [1.54, 1.807) is 45.9 Å². The second-order valence-electron chi connectivity index (χ2n) is 9.98. The highest BCUT2D eigenvalue weighted by Crippen LogP contribution is 2.31. The molecule has 11 heteroatoms. The maximum atomic E-state index is 12.6. The fraction of sp³-hybridized carbons (Fsp3) is 0.458. The molecule has 1 aliphatic rings. The number of sulfonamides is 1. The van der Waals surface area contributed by atoms with Crippen molar-refractivity contribution in [2.45, 2.75) is 50.0 Å². The molecule has 4 rings (SSSR count). The maximum absolute atomic E-state index is 12.6. The highest BCUT2D eigenvalue weighted by Gasteiger charge is 2.30. The van der Waals surface area contributed by atoms with Crippen LogP contribution in [-0.4, -0.2) is 71.1 Å². The number of hydrogen-bond acceptors (Lipinski definition) is 7. The van der Waals surface area contributed by atoms with Crippen LogP contribution in [0.1, 0.15) is 45.2 Å². The molecule has 1 saturated heterocycles. The van der Waals surface area contributed by atoms with Gasteiger partial charge >= 0.3 is 6.09 Å². The number of nitrogen functional groups attached to an aromatic ring is 1. The number of nitrogens with zero attached hydrogens (tertiary/aromatic N) is 5. The Hall–Kier alpha value is -3.18. The average Bonchev–Trinajstić information content (AvgIpc) is 3.22. The summed E-state index contributed by atoms with van der Waals surface area (Å²) >= 11 is 0. The van der Waals surface area contributed by atoms with Gasteiger partial charge in [0.25, 0.3) is 0 Å². The highest BCUT2D eigenvalue weighted by atomic mass is 32.2. The van der Waals surface area contributed by atoms with Crippen molar-refractivity contribution in [1.29, 1.82) is 0 Å². The largest absolute Gasteiger partial charge is 0.444 e. The van der Waals surface area contributed by atoms with Crippen molar-refractivity contribution in [2.75, 3.05) is 32.9 Å².